The number of ether oxygens (including phenoxy) is 2. The van der Waals surface area contributed by atoms with Crippen LogP contribution in [0.5, 0.6) is 0 Å². The van der Waals surface area contributed by atoms with Crippen LogP contribution < -0.4 is 21.2 Å². The number of carbonyl (C=O) groups excluding carboxylic acids is 1. The van der Waals surface area contributed by atoms with Crippen LogP contribution in [0.4, 0.5) is 4.39 Å². The standard InChI is InChI=1S/C11H19FIO3/c1-4-6-8-9(16-8)7-15-10(14)11(12,5-2)13-3/h8-9H,4-7H2,1-3H3/q-1. The molecule has 1 aliphatic heterocycles. The van der Waals surface area contributed by atoms with Gasteiger partial charge in [0.1, 0.15) is 0 Å². The van der Waals surface area contributed by atoms with Crippen LogP contribution in [0.15, 0.2) is 0 Å². The van der Waals surface area contributed by atoms with Crippen molar-refractivity contribution in [1.82, 2.24) is 0 Å². The molecule has 1 heterocycles. The molecule has 0 aromatic heterocycles. The summed E-state index contributed by atoms with van der Waals surface area (Å²) >= 11 is -0.795. The summed E-state index contributed by atoms with van der Waals surface area (Å²) in [4.78, 5) is 13.3. The molecule has 16 heavy (non-hydrogen) atoms. The van der Waals surface area contributed by atoms with Gasteiger partial charge in [0.05, 0.1) is 0 Å². The van der Waals surface area contributed by atoms with E-state index >= 15 is 0 Å². The van der Waals surface area contributed by atoms with E-state index in [4.69, 9.17) is 9.47 Å². The first-order valence-corrected chi connectivity index (χ1v) is 8.83. The molecule has 0 aromatic carbocycles. The molecular weight excluding hydrogens is 326 g/mol. The molecule has 3 atom stereocenters. The molecule has 5 heteroatoms. The Labute approximate surface area is 106 Å². The Hall–Kier alpha value is 0.0900. The summed E-state index contributed by atoms with van der Waals surface area (Å²) in [6.45, 7) is 3.97. The third-order valence-electron chi connectivity index (χ3n) is 2.68. The zero-order valence-corrected chi connectivity index (χ0v) is 12.1. The number of hydrogen-bond acceptors (Lipinski definition) is 3. The van der Waals surface area contributed by atoms with Gasteiger partial charge in [0, 0.05) is 0 Å². The Balaban J connectivity index is 2.26. The number of alkyl halides is 3. The van der Waals surface area contributed by atoms with Crippen molar-refractivity contribution in [2.45, 2.75) is 49.0 Å². The van der Waals surface area contributed by atoms with Gasteiger partial charge in [0.2, 0.25) is 0 Å². The van der Waals surface area contributed by atoms with Crippen LogP contribution in [0, 0.1) is 0 Å². The molecule has 3 nitrogen and oxygen atoms in total. The molecule has 96 valence electrons. The van der Waals surface area contributed by atoms with E-state index < -0.39 is 30.8 Å². The average Bonchev–Trinajstić information content (AvgIpc) is 3.04. The SMILES string of the molecule is CCCC1OC1COC(=O)C(F)(CC)[I-]C. The van der Waals surface area contributed by atoms with E-state index in [1.165, 1.54) is 0 Å². The molecular formula is C11H19FIO3-. The van der Waals surface area contributed by atoms with Crippen molar-refractivity contribution in [2.75, 3.05) is 11.5 Å². The molecule has 1 saturated heterocycles. The molecule has 0 spiro atoms. The van der Waals surface area contributed by atoms with E-state index in [0.717, 1.165) is 12.8 Å². The van der Waals surface area contributed by atoms with Crippen LogP contribution in [-0.2, 0) is 14.3 Å². The molecule has 1 fully saturated rings. The summed E-state index contributed by atoms with van der Waals surface area (Å²) < 4.78 is 22.5. The van der Waals surface area contributed by atoms with Gasteiger partial charge in [0.25, 0.3) is 0 Å². The zero-order chi connectivity index (χ0) is 12.2. The van der Waals surface area contributed by atoms with Crippen LogP contribution in [0.3, 0.4) is 0 Å². The molecule has 0 radical (unpaired) electrons. The zero-order valence-electron chi connectivity index (χ0n) is 9.96. The van der Waals surface area contributed by atoms with Crippen LogP contribution in [0.1, 0.15) is 33.1 Å². The van der Waals surface area contributed by atoms with Gasteiger partial charge in [-0.05, 0) is 0 Å². The fraction of sp³-hybridized carbons (Fsp3) is 0.909. The summed E-state index contributed by atoms with van der Waals surface area (Å²) in [7, 11) is 0. The van der Waals surface area contributed by atoms with Crippen molar-refractivity contribution in [2.24, 2.45) is 0 Å². The Morgan fingerprint density at radius 3 is 2.69 bits per heavy atom. The maximum atomic E-state index is 13.9. The second-order valence-corrected chi connectivity index (χ2v) is 6.64. The predicted molar refractivity (Wildman–Crippen MR) is 54.6 cm³/mol. The van der Waals surface area contributed by atoms with Crippen LogP contribution in [0.2, 0.25) is 0 Å². The number of epoxide rings is 1. The average molecular weight is 345 g/mol. The van der Waals surface area contributed by atoms with Gasteiger partial charge < -0.3 is 0 Å². The first kappa shape index (κ1) is 14.2. The first-order chi connectivity index (χ1) is 7.57. The molecule has 0 N–H and O–H groups in total. The number of halogens is 2. The predicted octanol–water partition coefficient (Wildman–Crippen LogP) is -1.11. The van der Waals surface area contributed by atoms with Gasteiger partial charge in [-0.2, -0.15) is 0 Å². The second-order valence-electron chi connectivity index (χ2n) is 3.85. The molecule has 3 unspecified atom stereocenters. The van der Waals surface area contributed by atoms with Gasteiger partial charge in [0.15, 0.2) is 0 Å². The summed E-state index contributed by atoms with van der Waals surface area (Å²) in [6.07, 6.45) is 2.46. The van der Waals surface area contributed by atoms with Gasteiger partial charge in [-0.3, -0.25) is 0 Å². The van der Waals surface area contributed by atoms with Crippen LogP contribution in [0.25, 0.3) is 0 Å². The van der Waals surface area contributed by atoms with Crippen LogP contribution >= 0.6 is 0 Å². The molecule has 0 amide bonds. The van der Waals surface area contributed by atoms with Gasteiger partial charge in [-0.25, -0.2) is 0 Å². The summed E-state index contributed by atoms with van der Waals surface area (Å²) in [6, 6.07) is 0. The first-order valence-electron chi connectivity index (χ1n) is 5.59. The van der Waals surface area contributed by atoms with Crippen molar-refractivity contribution in [3.8, 4) is 0 Å². The Bertz CT molecular complexity index is 243. The van der Waals surface area contributed by atoms with Gasteiger partial charge >= 0.3 is 106 Å². The van der Waals surface area contributed by atoms with Gasteiger partial charge in [-0.15, -0.1) is 0 Å². The van der Waals surface area contributed by atoms with Crippen molar-refractivity contribution < 1.29 is 39.9 Å². The second kappa shape index (κ2) is 6.14. The third-order valence-corrected chi connectivity index (χ3v) is 5.59. The Kier molecular flexibility index (Phi) is 5.43. The van der Waals surface area contributed by atoms with Crippen molar-refractivity contribution in [3.05, 3.63) is 0 Å². The van der Waals surface area contributed by atoms with E-state index in [1.807, 2.05) is 0 Å². The number of rotatable bonds is 7. The molecule has 0 bridgehead atoms. The van der Waals surface area contributed by atoms with Crippen molar-refractivity contribution >= 4 is 5.97 Å². The fourth-order valence-corrected chi connectivity index (χ4v) is 2.84. The quantitative estimate of drug-likeness (QED) is 0.254. The molecule has 0 saturated carbocycles. The topological polar surface area (TPSA) is 38.8 Å². The van der Waals surface area contributed by atoms with Crippen molar-refractivity contribution in [1.29, 1.82) is 0 Å². The summed E-state index contributed by atoms with van der Waals surface area (Å²) in [5.41, 5.74) is 0. The Morgan fingerprint density at radius 2 is 2.19 bits per heavy atom. The molecule has 1 rings (SSSR count). The van der Waals surface area contributed by atoms with E-state index in [1.54, 1.807) is 11.9 Å². The minimum atomic E-state index is -1.71. The van der Waals surface area contributed by atoms with E-state index in [9.17, 15) is 9.18 Å². The fourth-order valence-electron chi connectivity index (χ4n) is 1.48. The number of carbonyl (C=O) groups is 1. The molecule has 0 aromatic rings. The minimum absolute atomic E-state index is 0.0000576. The number of esters is 1. The van der Waals surface area contributed by atoms with Gasteiger partial charge in [-0.1, -0.05) is 0 Å². The van der Waals surface area contributed by atoms with E-state index in [0.29, 0.717) is 0 Å². The normalized spacial score (nSPS) is 27.5. The number of hydrogen-bond donors (Lipinski definition) is 0. The third kappa shape index (κ3) is 3.55. The summed E-state index contributed by atoms with van der Waals surface area (Å²) in [5.74, 6) is -0.698. The maximum absolute atomic E-state index is 13.9. The van der Waals surface area contributed by atoms with E-state index in [-0.39, 0.29) is 25.2 Å². The molecule has 0 aliphatic carbocycles. The monoisotopic (exact) mass is 345 g/mol. The Morgan fingerprint density at radius 1 is 1.50 bits per heavy atom. The van der Waals surface area contributed by atoms with Crippen molar-refractivity contribution in [3.63, 3.8) is 0 Å². The summed E-state index contributed by atoms with van der Waals surface area (Å²) in [5, 5.41) is 0. The molecule has 1 aliphatic rings. The van der Waals surface area contributed by atoms with Crippen LogP contribution in [-0.4, -0.2) is 33.4 Å². The van der Waals surface area contributed by atoms with E-state index in [2.05, 4.69) is 6.92 Å².